The molecule has 0 bridgehead atoms. The summed E-state index contributed by atoms with van der Waals surface area (Å²) in [5.74, 6) is 0.855. The summed E-state index contributed by atoms with van der Waals surface area (Å²) < 4.78 is 13.5. The number of piperidine rings is 1. The van der Waals surface area contributed by atoms with E-state index in [0.29, 0.717) is 11.9 Å². The van der Waals surface area contributed by atoms with E-state index in [9.17, 15) is 4.39 Å². The smallest absolute Gasteiger partial charge is 0.223 e. The van der Waals surface area contributed by atoms with Gasteiger partial charge in [0, 0.05) is 30.8 Å². The Hall–Kier alpha value is -2.42. The molecule has 2 N–H and O–H groups in total. The molecule has 0 amide bonds. The number of hydrogen-bond donors (Lipinski definition) is 2. The summed E-state index contributed by atoms with van der Waals surface area (Å²) in [5.41, 5.74) is 2.66. The molecule has 4 heterocycles. The molecule has 3 aromatic rings. The molecule has 8 heteroatoms. The number of thiazole rings is 1. The normalized spacial score (nSPS) is 17.7. The zero-order valence-corrected chi connectivity index (χ0v) is 19.0. The SMILES string of the molecule is Fc1ccc(-c2nc(C3CCNCC3)sc2-c2ccnc(NCCN3CCCC3)n2)cc1. The van der Waals surface area contributed by atoms with Crippen LogP contribution in [0.3, 0.4) is 0 Å². The fourth-order valence-electron chi connectivity index (χ4n) is 4.46. The van der Waals surface area contributed by atoms with Gasteiger partial charge >= 0.3 is 0 Å². The van der Waals surface area contributed by atoms with E-state index in [0.717, 1.165) is 65.9 Å². The Morgan fingerprint density at radius 3 is 2.62 bits per heavy atom. The van der Waals surface area contributed by atoms with Gasteiger partial charge in [0.1, 0.15) is 5.82 Å². The van der Waals surface area contributed by atoms with Crippen LogP contribution in [0.15, 0.2) is 36.5 Å². The van der Waals surface area contributed by atoms with E-state index in [4.69, 9.17) is 9.97 Å². The maximum Gasteiger partial charge on any atom is 0.223 e. The number of halogens is 1. The molecule has 0 radical (unpaired) electrons. The number of nitrogens with zero attached hydrogens (tertiary/aromatic N) is 4. The van der Waals surface area contributed by atoms with E-state index in [1.54, 1.807) is 29.7 Å². The third-order valence-electron chi connectivity index (χ3n) is 6.25. The molecule has 2 aliphatic rings. The quantitative estimate of drug-likeness (QED) is 0.555. The van der Waals surface area contributed by atoms with Crippen LogP contribution in [-0.2, 0) is 0 Å². The van der Waals surface area contributed by atoms with Crippen LogP contribution >= 0.6 is 11.3 Å². The molecule has 2 saturated heterocycles. The third kappa shape index (κ3) is 4.98. The molecular weight excluding hydrogens is 423 g/mol. The van der Waals surface area contributed by atoms with E-state index in [1.807, 2.05) is 6.07 Å². The highest BCUT2D eigenvalue weighted by atomic mass is 32.1. The average Bonchev–Trinajstić information content (AvgIpc) is 3.51. The summed E-state index contributed by atoms with van der Waals surface area (Å²) in [7, 11) is 0. The number of hydrogen-bond acceptors (Lipinski definition) is 7. The number of nitrogens with one attached hydrogen (secondary N) is 2. The fraction of sp³-hybridized carbons (Fsp3) is 0.458. The molecule has 5 rings (SSSR count). The first-order valence-electron chi connectivity index (χ1n) is 11.5. The molecule has 2 fully saturated rings. The Labute approximate surface area is 192 Å². The van der Waals surface area contributed by atoms with E-state index in [2.05, 4.69) is 20.5 Å². The number of rotatable bonds is 7. The summed E-state index contributed by atoms with van der Waals surface area (Å²) in [6.07, 6.45) is 6.57. The van der Waals surface area contributed by atoms with Crippen molar-refractivity contribution in [3.05, 3.63) is 47.4 Å². The van der Waals surface area contributed by atoms with Gasteiger partial charge in [0.05, 0.1) is 21.3 Å². The first kappa shape index (κ1) is 21.4. The predicted octanol–water partition coefficient (Wildman–Crippen LogP) is 4.38. The maximum atomic E-state index is 13.5. The minimum Gasteiger partial charge on any atom is -0.353 e. The molecule has 0 saturated carbocycles. The van der Waals surface area contributed by atoms with Crippen molar-refractivity contribution in [1.82, 2.24) is 25.2 Å². The second kappa shape index (κ2) is 10.0. The molecule has 6 nitrogen and oxygen atoms in total. The van der Waals surface area contributed by atoms with Gasteiger partial charge in [-0.2, -0.15) is 0 Å². The Bertz CT molecular complexity index is 1030. The Morgan fingerprint density at radius 1 is 1.06 bits per heavy atom. The maximum absolute atomic E-state index is 13.5. The van der Waals surface area contributed by atoms with Crippen LogP contribution in [0, 0.1) is 5.82 Å². The average molecular weight is 453 g/mol. The van der Waals surface area contributed by atoms with E-state index >= 15 is 0 Å². The molecule has 32 heavy (non-hydrogen) atoms. The standard InChI is InChI=1S/C24H29FN6S/c25-19-5-3-17(4-6-19)21-22(32-23(30-21)18-7-10-26-11-8-18)20-9-12-27-24(29-20)28-13-16-31-14-1-2-15-31/h3-6,9,12,18,26H,1-2,7-8,10-11,13-16H2,(H,27,28,29). The Balaban J connectivity index is 1.42. The zero-order valence-electron chi connectivity index (χ0n) is 18.2. The van der Waals surface area contributed by atoms with Crippen molar-refractivity contribution in [2.45, 2.75) is 31.6 Å². The van der Waals surface area contributed by atoms with Crippen molar-refractivity contribution in [3.63, 3.8) is 0 Å². The summed E-state index contributed by atoms with van der Waals surface area (Å²) in [5, 5.41) is 7.95. The molecule has 2 aliphatic heterocycles. The van der Waals surface area contributed by atoms with Gasteiger partial charge in [-0.05, 0) is 82.2 Å². The second-order valence-corrected chi connectivity index (χ2v) is 9.53. The number of likely N-dealkylation sites (tertiary alicyclic amines) is 1. The van der Waals surface area contributed by atoms with Crippen molar-refractivity contribution in [3.8, 4) is 21.8 Å². The lowest BCUT2D eigenvalue weighted by atomic mass is 9.99. The molecule has 0 spiro atoms. The minimum atomic E-state index is -0.240. The summed E-state index contributed by atoms with van der Waals surface area (Å²) in [6.45, 7) is 6.24. The molecule has 2 aromatic heterocycles. The highest BCUT2D eigenvalue weighted by molar-refractivity contribution is 7.15. The van der Waals surface area contributed by atoms with E-state index < -0.39 is 0 Å². The van der Waals surface area contributed by atoms with Crippen LogP contribution in [0.4, 0.5) is 10.3 Å². The van der Waals surface area contributed by atoms with Gasteiger partial charge in [0.25, 0.3) is 0 Å². The van der Waals surface area contributed by atoms with Crippen LogP contribution in [0.2, 0.25) is 0 Å². The van der Waals surface area contributed by atoms with Crippen LogP contribution in [0.1, 0.15) is 36.6 Å². The van der Waals surface area contributed by atoms with E-state index in [1.165, 1.54) is 38.1 Å². The topological polar surface area (TPSA) is 66.0 Å². The Morgan fingerprint density at radius 2 is 1.84 bits per heavy atom. The number of benzene rings is 1. The van der Waals surface area contributed by atoms with Gasteiger partial charge in [0.2, 0.25) is 5.95 Å². The molecule has 168 valence electrons. The lowest BCUT2D eigenvalue weighted by Crippen LogP contribution is -2.26. The predicted molar refractivity (Wildman–Crippen MR) is 128 cm³/mol. The molecule has 0 atom stereocenters. The van der Waals surface area contributed by atoms with Gasteiger partial charge in [-0.3, -0.25) is 0 Å². The summed E-state index contributed by atoms with van der Waals surface area (Å²) >= 11 is 1.71. The lowest BCUT2D eigenvalue weighted by molar-refractivity contribution is 0.352. The van der Waals surface area contributed by atoms with Crippen LogP contribution in [0.25, 0.3) is 21.8 Å². The van der Waals surface area contributed by atoms with Crippen LogP contribution < -0.4 is 10.6 Å². The largest absolute Gasteiger partial charge is 0.353 e. The summed E-state index contributed by atoms with van der Waals surface area (Å²) in [6, 6.07) is 8.54. The van der Waals surface area contributed by atoms with Crippen molar-refractivity contribution in [2.24, 2.45) is 0 Å². The van der Waals surface area contributed by atoms with Gasteiger partial charge in [-0.25, -0.2) is 19.3 Å². The molecule has 1 aromatic carbocycles. The fourth-order valence-corrected chi connectivity index (χ4v) is 5.69. The van der Waals surface area contributed by atoms with Crippen molar-refractivity contribution in [2.75, 3.05) is 44.6 Å². The highest BCUT2D eigenvalue weighted by Gasteiger charge is 2.23. The molecule has 0 unspecified atom stereocenters. The zero-order chi connectivity index (χ0) is 21.8. The van der Waals surface area contributed by atoms with E-state index in [-0.39, 0.29) is 5.82 Å². The van der Waals surface area contributed by atoms with Gasteiger partial charge in [-0.1, -0.05) is 0 Å². The van der Waals surface area contributed by atoms with Crippen LogP contribution in [-0.4, -0.2) is 59.1 Å². The highest BCUT2D eigenvalue weighted by Crippen LogP contribution is 2.40. The van der Waals surface area contributed by atoms with Gasteiger partial charge < -0.3 is 15.5 Å². The number of aromatic nitrogens is 3. The first-order chi connectivity index (χ1) is 15.8. The second-order valence-electron chi connectivity index (χ2n) is 8.50. The van der Waals surface area contributed by atoms with Crippen molar-refractivity contribution >= 4 is 17.3 Å². The molecule has 0 aliphatic carbocycles. The van der Waals surface area contributed by atoms with Crippen LogP contribution in [0.5, 0.6) is 0 Å². The monoisotopic (exact) mass is 452 g/mol. The van der Waals surface area contributed by atoms with Gasteiger partial charge in [-0.15, -0.1) is 11.3 Å². The molecular formula is C24H29FN6S. The van der Waals surface area contributed by atoms with Crippen molar-refractivity contribution in [1.29, 1.82) is 0 Å². The third-order valence-corrected chi connectivity index (χ3v) is 7.49. The minimum absolute atomic E-state index is 0.240. The summed E-state index contributed by atoms with van der Waals surface area (Å²) in [4.78, 5) is 17.8. The van der Waals surface area contributed by atoms with Crippen molar-refractivity contribution < 1.29 is 4.39 Å². The lowest BCUT2D eigenvalue weighted by Gasteiger charge is -2.20. The Kier molecular flexibility index (Phi) is 6.71. The number of anilines is 1. The van der Waals surface area contributed by atoms with Gasteiger partial charge in [0.15, 0.2) is 0 Å². The first-order valence-corrected chi connectivity index (χ1v) is 12.3.